The molecule has 1 amide bonds. The third kappa shape index (κ3) is 2.50. The van der Waals surface area contributed by atoms with Gasteiger partial charge in [0.25, 0.3) is 5.91 Å². The summed E-state index contributed by atoms with van der Waals surface area (Å²) < 4.78 is 0. The molecule has 0 unspecified atom stereocenters. The second-order valence-corrected chi connectivity index (χ2v) is 4.54. The highest BCUT2D eigenvalue weighted by molar-refractivity contribution is 7.13. The van der Waals surface area contributed by atoms with Crippen LogP contribution in [0.3, 0.4) is 0 Å². The van der Waals surface area contributed by atoms with Gasteiger partial charge in [0, 0.05) is 11.6 Å². The minimum absolute atomic E-state index is 0.249. The van der Waals surface area contributed by atoms with Crippen molar-refractivity contribution in [3.63, 3.8) is 0 Å². The summed E-state index contributed by atoms with van der Waals surface area (Å²) in [6.45, 7) is 0. The molecule has 1 aromatic carbocycles. The van der Waals surface area contributed by atoms with Crippen LogP contribution in [0.2, 0.25) is 0 Å². The largest absolute Gasteiger partial charge is 0.296 e. The number of nitrogens with zero attached hydrogens (tertiary/aromatic N) is 4. The van der Waals surface area contributed by atoms with Crippen molar-refractivity contribution in [2.24, 2.45) is 0 Å². The van der Waals surface area contributed by atoms with Crippen LogP contribution in [0.5, 0.6) is 0 Å². The Hall–Kier alpha value is -2.54. The molecule has 2 aromatic heterocycles. The van der Waals surface area contributed by atoms with E-state index in [1.54, 1.807) is 11.6 Å². The monoisotopic (exact) mass is 271 g/mol. The van der Waals surface area contributed by atoms with Gasteiger partial charge >= 0.3 is 0 Å². The molecule has 2 heterocycles. The molecule has 3 rings (SSSR count). The molecular formula is C12H9N5OS. The maximum Gasteiger partial charge on any atom is 0.279 e. The predicted octanol–water partition coefficient (Wildman–Crippen LogP) is 1.98. The first-order valence-electron chi connectivity index (χ1n) is 5.51. The smallest absolute Gasteiger partial charge is 0.279 e. The fourth-order valence-corrected chi connectivity index (χ4v) is 2.02. The van der Waals surface area contributed by atoms with Gasteiger partial charge in [-0.1, -0.05) is 18.2 Å². The van der Waals surface area contributed by atoms with Crippen LogP contribution in [-0.2, 0) is 0 Å². The van der Waals surface area contributed by atoms with Crippen molar-refractivity contribution in [3.05, 3.63) is 53.8 Å². The van der Waals surface area contributed by atoms with Gasteiger partial charge in [0.15, 0.2) is 10.8 Å². The van der Waals surface area contributed by atoms with Crippen LogP contribution in [0.25, 0.3) is 5.69 Å². The van der Waals surface area contributed by atoms with E-state index in [0.717, 1.165) is 5.69 Å². The zero-order valence-corrected chi connectivity index (χ0v) is 10.5. The Kier molecular flexibility index (Phi) is 3.03. The topological polar surface area (TPSA) is 72.7 Å². The molecule has 1 N–H and O–H groups in total. The first-order valence-corrected chi connectivity index (χ1v) is 6.39. The SMILES string of the molecule is O=C(Nc1nccs1)c1cnn(-c2ccccc2)n1. The average molecular weight is 271 g/mol. The standard InChI is InChI=1S/C12H9N5OS/c18-11(15-12-13-6-7-19-12)10-8-14-17(16-10)9-4-2-1-3-5-9/h1-8H,(H,13,15,18). The van der Waals surface area contributed by atoms with Gasteiger partial charge in [-0.25, -0.2) is 4.98 Å². The quantitative estimate of drug-likeness (QED) is 0.790. The van der Waals surface area contributed by atoms with Crippen LogP contribution in [0, 0.1) is 0 Å². The van der Waals surface area contributed by atoms with E-state index in [4.69, 9.17) is 0 Å². The Balaban J connectivity index is 1.80. The summed E-state index contributed by atoms with van der Waals surface area (Å²) in [4.78, 5) is 17.3. The van der Waals surface area contributed by atoms with Crippen LogP contribution < -0.4 is 5.32 Å². The van der Waals surface area contributed by atoms with E-state index in [9.17, 15) is 4.79 Å². The molecule has 0 fully saturated rings. The highest BCUT2D eigenvalue weighted by atomic mass is 32.1. The van der Waals surface area contributed by atoms with Crippen LogP contribution in [0.1, 0.15) is 10.5 Å². The number of nitrogens with one attached hydrogen (secondary N) is 1. The summed E-state index contributed by atoms with van der Waals surface area (Å²) in [5.41, 5.74) is 1.05. The second-order valence-electron chi connectivity index (χ2n) is 3.65. The van der Waals surface area contributed by atoms with Gasteiger partial charge < -0.3 is 0 Å². The Morgan fingerprint density at radius 2 is 2.11 bits per heavy atom. The third-order valence-corrected chi connectivity index (χ3v) is 3.05. The Labute approximate surface area is 112 Å². The highest BCUT2D eigenvalue weighted by Gasteiger charge is 2.12. The van der Waals surface area contributed by atoms with E-state index in [-0.39, 0.29) is 11.6 Å². The fourth-order valence-electron chi connectivity index (χ4n) is 1.50. The van der Waals surface area contributed by atoms with Gasteiger partial charge in [-0.3, -0.25) is 10.1 Å². The van der Waals surface area contributed by atoms with Crippen LogP contribution >= 0.6 is 11.3 Å². The fraction of sp³-hybridized carbons (Fsp3) is 0. The Morgan fingerprint density at radius 3 is 2.84 bits per heavy atom. The molecule has 7 heteroatoms. The van der Waals surface area contributed by atoms with Gasteiger partial charge in [-0.05, 0) is 12.1 Å². The Morgan fingerprint density at radius 1 is 1.26 bits per heavy atom. The maximum absolute atomic E-state index is 11.9. The van der Waals surface area contributed by atoms with E-state index in [1.807, 2.05) is 30.3 Å². The highest BCUT2D eigenvalue weighted by Crippen LogP contribution is 2.11. The molecule has 0 aliphatic heterocycles. The van der Waals surface area contributed by atoms with Crippen molar-refractivity contribution in [1.29, 1.82) is 0 Å². The van der Waals surface area contributed by atoms with Gasteiger partial charge in [0.05, 0.1) is 11.9 Å². The molecule has 0 radical (unpaired) electrons. The van der Waals surface area contributed by atoms with Crippen molar-refractivity contribution in [2.45, 2.75) is 0 Å². The summed E-state index contributed by atoms with van der Waals surface area (Å²) in [5, 5.41) is 13.2. The third-order valence-electron chi connectivity index (χ3n) is 2.36. The van der Waals surface area contributed by atoms with Crippen LogP contribution in [-0.4, -0.2) is 25.9 Å². The maximum atomic E-state index is 11.9. The molecule has 0 saturated heterocycles. The molecule has 6 nitrogen and oxygen atoms in total. The number of rotatable bonds is 3. The molecule has 0 spiro atoms. The predicted molar refractivity (Wildman–Crippen MR) is 71.4 cm³/mol. The first kappa shape index (κ1) is 11.5. The van der Waals surface area contributed by atoms with Gasteiger partial charge in [-0.2, -0.15) is 9.90 Å². The van der Waals surface area contributed by atoms with Gasteiger partial charge in [-0.15, -0.1) is 16.4 Å². The van der Waals surface area contributed by atoms with E-state index in [0.29, 0.717) is 5.13 Å². The minimum atomic E-state index is -0.322. The summed E-state index contributed by atoms with van der Waals surface area (Å²) >= 11 is 1.35. The average Bonchev–Trinajstić information content (AvgIpc) is 3.10. The molecule has 0 bridgehead atoms. The van der Waals surface area contributed by atoms with Crippen molar-refractivity contribution in [3.8, 4) is 5.69 Å². The molecule has 94 valence electrons. The zero-order chi connectivity index (χ0) is 13.1. The molecule has 0 aliphatic carbocycles. The number of para-hydroxylation sites is 1. The van der Waals surface area contributed by atoms with Crippen molar-refractivity contribution in [1.82, 2.24) is 20.0 Å². The van der Waals surface area contributed by atoms with E-state index in [2.05, 4.69) is 20.5 Å². The molecule has 0 saturated carbocycles. The summed E-state index contributed by atoms with van der Waals surface area (Å²) in [6.07, 6.45) is 3.05. The summed E-state index contributed by atoms with van der Waals surface area (Å²) in [5.74, 6) is -0.322. The van der Waals surface area contributed by atoms with Gasteiger partial charge in [0.2, 0.25) is 0 Å². The van der Waals surface area contributed by atoms with Crippen molar-refractivity contribution >= 4 is 22.4 Å². The van der Waals surface area contributed by atoms with Gasteiger partial charge in [0.1, 0.15) is 0 Å². The van der Waals surface area contributed by atoms with Crippen molar-refractivity contribution in [2.75, 3.05) is 5.32 Å². The number of hydrogen-bond donors (Lipinski definition) is 1. The van der Waals surface area contributed by atoms with Crippen LogP contribution in [0.15, 0.2) is 48.1 Å². The number of amides is 1. The molecule has 19 heavy (non-hydrogen) atoms. The zero-order valence-electron chi connectivity index (χ0n) is 9.72. The number of benzene rings is 1. The lowest BCUT2D eigenvalue weighted by Crippen LogP contribution is -2.12. The summed E-state index contributed by atoms with van der Waals surface area (Å²) in [7, 11) is 0. The number of aromatic nitrogens is 4. The van der Waals surface area contributed by atoms with E-state index in [1.165, 1.54) is 22.3 Å². The first-order chi connectivity index (χ1) is 9.33. The normalized spacial score (nSPS) is 10.3. The molecule has 3 aromatic rings. The van der Waals surface area contributed by atoms with E-state index < -0.39 is 0 Å². The molecular weight excluding hydrogens is 262 g/mol. The Bertz CT molecular complexity index is 677. The van der Waals surface area contributed by atoms with E-state index >= 15 is 0 Å². The van der Waals surface area contributed by atoms with Crippen LogP contribution in [0.4, 0.5) is 5.13 Å². The number of hydrogen-bond acceptors (Lipinski definition) is 5. The number of carbonyl (C=O) groups is 1. The second kappa shape index (κ2) is 4.99. The minimum Gasteiger partial charge on any atom is -0.296 e. The lowest BCUT2D eigenvalue weighted by atomic mass is 10.3. The van der Waals surface area contributed by atoms with Crippen molar-refractivity contribution < 1.29 is 4.79 Å². The number of thiazole rings is 1. The lowest BCUT2D eigenvalue weighted by Gasteiger charge is -1.98. The summed E-state index contributed by atoms with van der Waals surface area (Å²) in [6, 6.07) is 9.40. The number of carbonyl (C=O) groups excluding carboxylic acids is 1. The lowest BCUT2D eigenvalue weighted by molar-refractivity contribution is 0.102. The molecule has 0 atom stereocenters. The molecule has 0 aliphatic rings. The number of anilines is 1.